The van der Waals surface area contributed by atoms with E-state index in [9.17, 15) is 22.8 Å². The van der Waals surface area contributed by atoms with Crippen LogP contribution in [0, 0.1) is 5.92 Å². The number of piperidine rings is 1. The minimum Gasteiger partial charge on any atom is -0.492 e. The van der Waals surface area contributed by atoms with Crippen LogP contribution in [-0.2, 0) is 15.8 Å². The fourth-order valence-electron chi connectivity index (χ4n) is 3.01. The van der Waals surface area contributed by atoms with Crippen LogP contribution in [0.2, 0.25) is 0 Å². The number of hydrogen-bond acceptors (Lipinski definition) is 3. The monoisotopic (exact) mass is 386 g/mol. The summed E-state index contributed by atoms with van der Waals surface area (Å²) in [6.45, 7) is 3.42. The molecule has 1 N–H and O–H groups in total. The third-order valence-electron chi connectivity index (χ3n) is 4.51. The maximum absolute atomic E-state index is 12.7. The number of halogens is 3. The minimum absolute atomic E-state index is 0.0842. The number of alkyl halides is 3. The average molecular weight is 386 g/mol. The molecular formula is C19H25F3N2O3. The molecule has 0 bridgehead atoms. The summed E-state index contributed by atoms with van der Waals surface area (Å²) in [6, 6.07) is 4.64. The van der Waals surface area contributed by atoms with E-state index in [0.29, 0.717) is 32.4 Å². The second-order valence-electron chi connectivity index (χ2n) is 6.57. The Morgan fingerprint density at radius 2 is 1.96 bits per heavy atom. The van der Waals surface area contributed by atoms with E-state index < -0.39 is 11.7 Å². The van der Waals surface area contributed by atoms with Gasteiger partial charge in [0.15, 0.2) is 0 Å². The molecule has 1 aromatic carbocycles. The summed E-state index contributed by atoms with van der Waals surface area (Å²) in [5, 5.41) is 2.75. The molecule has 8 heteroatoms. The molecule has 5 nitrogen and oxygen atoms in total. The lowest BCUT2D eigenvalue weighted by molar-refractivity contribution is -0.137. The van der Waals surface area contributed by atoms with Crippen LogP contribution in [0.15, 0.2) is 24.3 Å². The van der Waals surface area contributed by atoms with Gasteiger partial charge in [-0.15, -0.1) is 0 Å². The summed E-state index contributed by atoms with van der Waals surface area (Å²) in [7, 11) is 0. The van der Waals surface area contributed by atoms with Crippen molar-refractivity contribution in [3.8, 4) is 5.75 Å². The number of carbonyl (C=O) groups is 2. The maximum atomic E-state index is 12.7. The Morgan fingerprint density at radius 3 is 2.59 bits per heavy atom. The van der Waals surface area contributed by atoms with Crippen molar-refractivity contribution in [3.05, 3.63) is 29.8 Å². The number of nitrogens with one attached hydrogen (secondary N) is 1. The van der Waals surface area contributed by atoms with Crippen LogP contribution >= 0.6 is 0 Å². The number of amides is 2. The molecule has 1 fully saturated rings. The van der Waals surface area contributed by atoms with Gasteiger partial charge in [0.05, 0.1) is 12.1 Å². The van der Waals surface area contributed by atoms with E-state index in [-0.39, 0.29) is 36.6 Å². The van der Waals surface area contributed by atoms with E-state index in [4.69, 9.17) is 4.74 Å². The van der Waals surface area contributed by atoms with Crippen LogP contribution in [0.3, 0.4) is 0 Å². The fourth-order valence-corrected chi connectivity index (χ4v) is 3.01. The molecule has 1 heterocycles. The van der Waals surface area contributed by atoms with Crippen LogP contribution in [0.25, 0.3) is 0 Å². The molecule has 1 aliphatic rings. The van der Waals surface area contributed by atoms with Crippen LogP contribution < -0.4 is 10.1 Å². The van der Waals surface area contributed by atoms with Gasteiger partial charge in [-0.2, -0.15) is 13.2 Å². The number of carbonyl (C=O) groups excluding carboxylic acids is 2. The second-order valence-corrected chi connectivity index (χ2v) is 6.57. The molecular weight excluding hydrogens is 361 g/mol. The van der Waals surface area contributed by atoms with Crippen LogP contribution in [0.1, 0.15) is 38.2 Å². The zero-order valence-electron chi connectivity index (χ0n) is 15.3. The second kappa shape index (κ2) is 9.62. The van der Waals surface area contributed by atoms with Gasteiger partial charge < -0.3 is 15.0 Å². The van der Waals surface area contributed by atoms with Crippen molar-refractivity contribution in [1.29, 1.82) is 0 Å². The smallest absolute Gasteiger partial charge is 0.416 e. The predicted molar refractivity (Wildman–Crippen MR) is 94.2 cm³/mol. The number of rotatable bonds is 7. The van der Waals surface area contributed by atoms with Gasteiger partial charge in [-0.05, 0) is 37.5 Å². The first-order valence-electron chi connectivity index (χ1n) is 9.16. The first-order valence-corrected chi connectivity index (χ1v) is 9.16. The zero-order chi connectivity index (χ0) is 19.9. The van der Waals surface area contributed by atoms with E-state index in [1.54, 1.807) is 4.90 Å². The van der Waals surface area contributed by atoms with Gasteiger partial charge in [-0.1, -0.05) is 13.0 Å². The largest absolute Gasteiger partial charge is 0.492 e. The number of benzene rings is 1. The molecule has 0 unspecified atom stereocenters. The van der Waals surface area contributed by atoms with E-state index in [0.717, 1.165) is 18.6 Å². The van der Waals surface area contributed by atoms with Gasteiger partial charge in [-0.3, -0.25) is 9.59 Å². The molecule has 2 amide bonds. The van der Waals surface area contributed by atoms with Gasteiger partial charge in [-0.25, -0.2) is 0 Å². The molecule has 2 rings (SSSR count). The SMILES string of the molecule is CCCC(=O)N1CCC(C(=O)NCCOc2cccc(C(F)(F)F)c2)CC1. The average Bonchev–Trinajstić information content (AvgIpc) is 2.65. The fraction of sp³-hybridized carbons (Fsp3) is 0.579. The first-order chi connectivity index (χ1) is 12.8. The molecule has 0 atom stereocenters. The standard InChI is InChI=1S/C19H25F3N2O3/c1-2-4-17(25)24-10-7-14(8-11-24)18(26)23-9-12-27-16-6-3-5-15(13-16)19(20,21)22/h3,5-6,13-14H,2,4,7-12H2,1H3,(H,23,26). The van der Waals surface area contributed by atoms with Crippen molar-refractivity contribution in [2.45, 2.75) is 38.8 Å². The van der Waals surface area contributed by atoms with Crippen molar-refractivity contribution in [3.63, 3.8) is 0 Å². The topological polar surface area (TPSA) is 58.6 Å². The normalized spacial score (nSPS) is 15.5. The minimum atomic E-state index is -4.42. The Kier molecular flexibility index (Phi) is 7.50. The highest BCUT2D eigenvalue weighted by molar-refractivity contribution is 5.80. The highest BCUT2D eigenvalue weighted by atomic mass is 19.4. The number of hydrogen-bond donors (Lipinski definition) is 1. The van der Waals surface area contributed by atoms with E-state index >= 15 is 0 Å². The third-order valence-corrected chi connectivity index (χ3v) is 4.51. The van der Waals surface area contributed by atoms with E-state index in [1.165, 1.54) is 12.1 Å². The van der Waals surface area contributed by atoms with Gasteiger partial charge >= 0.3 is 6.18 Å². The summed E-state index contributed by atoms with van der Waals surface area (Å²) in [4.78, 5) is 25.8. The molecule has 0 aliphatic carbocycles. The molecule has 1 saturated heterocycles. The lowest BCUT2D eigenvalue weighted by atomic mass is 9.95. The molecule has 0 radical (unpaired) electrons. The van der Waals surface area contributed by atoms with E-state index in [2.05, 4.69) is 5.32 Å². The molecule has 150 valence electrons. The van der Waals surface area contributed by atoms with Gasteiger partial charge in [0, 0.05) is 25.4 Å². The first kappa shape index (κ1) is 21.1. The lowest BCUT2D eigenvalue weighted by Gasteiger charge is -2.31. The van der Waals surface area contributed by atoms with Crippen LogP contribution in [0.4, 0.5) is 13.2 Å². The van der Waals surface area contributed by atoms with Crippen molar-refractivity contribution in [2.24, 2.45) is 5.92 Å². The highest BCUT2D eigenvalue weighted by Crippen LogP contribution is 2.31. The molecule has 0 saturated carbocycles. The summed E-state index contributed by atoms with van der Waals surface area (Å²) in [5.74, 6) is -0.0119. The third kappa shape index (κ3) is 6.45. The van der Waals surface area contributed by atoms with Gasteiger partial charge in [0.1, 0.15) is 12.4 Å². The Balaban J connectivity index is 1.69. The van der Waals surface area contributed by atoms with Crippen LogP contribution in [0.5, 0.6) is 5.75 Å². The van der Waals surface area contributed by atoms with Crippen molar-refractivity contribution < 1.29 is 27.5 Å². The molecule has 1 aliphatic heterocycles. The summed E-state index contributed by atoms with van der Waals surface area (Å²) >= 11 is 0. The molecule has 0 spiro atoms. The number of nitrogens with zero attached hydrogens (tertiary/aromatic N) is 1. The van der Waals surface area contributed by atoms with Crippen molar-refractivity contribution >= 4 is 11.8 Å². The maximum Gasteiger partial charge on any atom is 0.416 e. The Morgan fingerprint density at radius 1 is 1.26 bits per heavy atom. The predicted octanol–water partition coefficient (Wildman–Crippen LogP) is 3.24. The van der Waals surface area contributed by atoms with E-state index in [1.807, 2.05) is 6.92 Å². The van der Waals surface area contributed by atoms with Crippen molar-refractivity contribution in [1.82, 2.24) is 10.2 Å². The highest BCUT2D eigenvalue weighted by Gasteiger charge is 2.30. The van der Waals surface area contributed by atoms with Crippen LogP contribution in [-0.4, -0.2) is 43.0 Å². The Hall–Kier alpha value is -2.25. The number of ether oxygens (including phenoxy) is 1. The summed E-state index contributed by atoms with van der Waals surface area (Å²) < 4.78 is 43.2. The zero-order valence-corrected chi connectivity index (χ0v) is 15.3. The molecule has 27 heavy (non-hydrogen) atoms. The number of likely N-dealkylation sites (tertiary alicyclic amines) is 1. The van der Waals surface area contributed by atoms with Gasteiger partial charge in [0.25, 0.3) is 0 Å². The molecule has 0 aromatic heterocycles. The summed E-state index contributed by atoms with van der Waals surface area (Å²) in [6.07, 6.45) is -1.83. The lowest BCUT2D eigenvalue weighted by Crippen LogP contribution is -2.43. The summed E-state index contributed by atoms with van der Waals surface area (Å²) in [5.41, 5.74) is -0.770. The van der Waals surface area contributed by atoms with Gasteiger partial charge in [0.2, 0.25) is 11.8 Å². The molecule has 1 aromatic rings. The Bertz CT molecular complexity index is 641. The van der Waals surface area contributed by atoms with Crippen molar-refractivity contribution in [2.75, 3.05) is 26.2 Å². The Labute approximate surface area is 156 Å². The quantitative estimate of drug-likeness (QED) is 0.732.